The third-order valence-corrected chi connectivity index (χ3v) is 0.0833. The van der Waals surface area contributed by atoms with Gasteiger partial charge in [-0.15, -0.1) is 0 Å². The van der Waals surface area contributed by atoms with E-state index in [1.807, 2.05) is 0 Å². The van der Waals surface area contributed by atoms with E-state index >= 15 is 0 Å². The molecule has 0 spiro atoms. The van der Waals surface area contributed by atoms with Crippen LogP contribution in [-0.4, -0.2) is 29.3 Å². The summed E-state index contributed by atoms with van der Waals surface area (Å²) in [5.74, 6) is 0. The maximum atomic E-state index is 8.93. The fourth-order valence-corrected chi connectivity index (χ4v) is 0. The van der Waals surface area contributed by atoms with E-state index in [4.69, 9.17) is 4.79 Å². The summed E-state index contributed by atoms with van der Waals surface area (Å²) in [7, 11) is 0. The Labute approximate surface area is 68.8 Å². The van der Waals surface area contributed by atoms with Gasteiger partial charge in [-0.3, -0.25) is 0 Å². The molecule has 6 heavy (non-hydrogen) atoms. The van der Waals surface area contributed by atoms with Crippen LogP contribution in [0.1, 0.15) is 0 Å². The van der Waals surface area contributed by atoms with E-state index in [0.717, 1.165) is 6.08 Å². The summed E-state index contributed by atoms with van der Waals surface area (Å²) >= 11 is 0. The summed E-state index contributed by atoms with van der Waals surface area (Å²) in [5.41, 5.74) is 0. The molecule has 3 heteroatoms. The van der Waals surface area contributed by atoms with E-state index in [0.29, 0.717) is 0 Å². The molecule has 0 aromatic heterocycles. The third-order valence-electron chi connectivity index (χ3n) is 0.0833. The van der Waals surface area contributed by atoms with E-state index in [1.54, 1.807) is 0 Å². The van der Waals surface area contributed by atoms with Crippen LogP contribution < -0.4 is 0 Å². The van der Waals surface area contributed by atoms with Gasteiger partial charge in [-0.1, -0.05) is 0 Å². The molecule has 0 unspecified atom stereocenters. The second kappa shape index (κ2) is 16.8. The summed E-state index contributed by atoms with van der Waals surface area (Å²) in [5, 5.41) is 0. The number of rotatable bonds is 1. The first-order valence-corrected chi connectivity index (χ1v) is 0.901. The fourth-order valence-electron chi connectivity index (χ4n) is 0. The standard InChI is InChI=1S/C3H3O.Au.Mg/c1-2-3-4;;/h2H,1H2;;/q-1;+1;. The molecule has 2 radical (unpaired) electrons. The van der Waals surface area contributed by atoms with Crippen molar-refractivity contribution in [2.24, 2.45) is 0 Å². The van der Waals surface area contributed by atoms with Crippen LogP contribution in [0.4, 0.5) is 0 Å². The molecule has 0 aliphatic rings. The van der Waals surface area contributed by atoms with Crippen LogP contribution in [-0.2, 0) is 27.2 Å². The molecule has 0 aliphatic carbocycles. The molecule has 0 saturated carbocycles. The Balaban J connectivity index is -0.0000000450. The minimum Gasteiger partial charge on any atom is -0.419 e. The minimum absolute atomic E-state index is 0. The molecule has 0 saturated heterocycles. The number of hydrogen-bond acceptors (Lipinski definition) is 1. The van der Waals surface area contributed by atoms with Crippen LogP contribution in [0, 0.1) is 0 Å². The normalized spacial score (nSPS) is 3.33. The maximum Gasteiger partial charge on any atom is 1.00 e. The van der Waals surface area contributed by atoms with Crippen LogP contribution in [0.3, 0.4) is 0 Å². The van der Waals surface area contributed by atoms with E-state index in [-0.39, 0.29) is 45.4 Å². The van der Waals surface area contributed by atoms with Gasteiger partial charge < -0.3 is 4.79 Å². The third kappa shape index (κ3) is 20.5. The molecular weight excluding hydrogens is 273 g/mol. The first-order chi connectivity index (χ1) is 1.91. The Hall–Kier alpha value is 0.916. The smallest absolute Gasteiger partial charge is 0.419 e. The zero-order valence-corrected chi connectivity index (χ0v) is 6.78. The van der Waals surface area contributed by atoms with Crippen molar-refractivity contribution in [3.63, 3.8) is 0 Å². The fraction of sp³-hybridized carbons (Fsp3) is 0. The molecular formula is C3H3AuMgO. The van der Waals surface area contributed by atoms with Crippen molar-refractivity contribution in [2.75, 3.05) is 0 Å². The van der Waals surface area contributed by atoms with Crippen molar-refractivity contribution < 1.29 is 27.2 Å². The van der Waals surface area contributed by atoms with Crippen LogP contribution in [0.15, 0.2) is 12.7 Å². The van der Waals surface area contributed by atoms with Crippen LogP contribution >= 0.6 is 0 Å². The molecule has 0 atom stereocenters. The summed E-state index contributed by atoms with van der Waals surface area (Å²) < 4.78 is 0. The molecule has 0 heterocycles. The average molecular weight is 276 g/mol. The summed E-state index contributed by atoms with van der Waals surface area (Å²) in [6.07, 6.45) is 2.51. The number of hydrogen-bond donors (Lipinski definition) is 0. The largest absolute Gasteiger partial charge is 1.00 e. The van der Waals surface area contributed by atoms with Gasteiger partial charge in [-0.2, -0.15) is 0 Å². The molecule has 34 valence electrons. The molecule has 0 rings (SSSR count). The van der Waals surface area contributed by atoms with E-state index in [1.165, 1.54) is 6.29 Å². The van der Waals surface area contributed by atoms with Crippen LogP contribution in [0.25, 0.3) is 0 Å². The Kier molecular flexibility index (Phi) is 44.2. The number of allylic oxidation sites excluding steroid dienone is 1. The van der Waals surface area contributed by atoms with Crippen molar-refractivity contribution in [1.29, 1.82) is 0 Å². The molecule has 0 N–H and O–H groups in total. The zero-order valence-electron chi connectivity index (χ0n) is 3.20. The Bertz CT molecular complexity index is 31.8. The zero-order chi connectivity index (χ0) is 3.41. The topological polar surface area (TPSA) is 17.1 Å². The summed E-state index contributed by atoms with van der Waals surface area (Å²) in [6.45, 7) is 3.06. The van der Waals surface area contributed by atoms with Crippen molar-refractivity contribution in [1.82, 2.24) is 0 Å². The van der Waals surface area contributed by atoms with Gasteiger partial charge in [0.25, 0.3) is 0 Å². The summed E-state index contributed by atoms with van der Waals surface area (Å²) in [4.78, 5) is 8.93. The molecule has 0 aromatic carbocycles. The van der Waals surface area contributed by atoms with Gasteiger partial charge in [0.05, 0.1) is 0 Å². The maximum absolute atomic E-state index is 8.93. The van der Waals surface area contributed by atoms with Gasteiger partial charge in [0, 0.05) is 23.1 Å². The Morgan fingerprint density at radius 3 is 1.83 bits per heavy atom. The van der Waals surface area contributed by atoms with Gasteiger partial charge in [0.2, 0.25) is 0 Å². The van der Waals surface area contributed by atoms with Gasteiger partial charge in [0.1, 0.15) is 0 Å². The molecule has 0 fully saturated rings. The number of carbonyl (C=O) groups excluding carboxylic acids is 1. The average Bonchev–Trinajstić information content (AvgIpc) is 1.37. The van der Waals surface area contributed by atoms with E-state index in [2.05, 4.69) is 6.58 Å². The molecule has 0 amide bonds. The van der Waals surface area contributed by atoms with Gasteiger partial charge >= 0.3 is 22.4 Å². The minimum atomic E-state index is 0. The van der Waals surface area contributed by atoms with Gasteiger partial charge in [0.15, 0.2) is 0 Å². The van der Waals surface area contributed by atoms with E-state index in [9.17, 15) is 0 Å². The molecule has 0 bridgehead atoms. The van der Waals surface area contributed by atoms with Gasteiger partial charge in [-0.25, -0.2) is 12.7 Å². The SMILES string of the molecule is C=C[C-]=O.[Au+].[Mg]. The summed E-state index contributed by atoms with van der Waals surface area (Å²) in [6, 6.07) is 0. The second-order valence-corrected chi connectivity index (χ2v) is 0.322. The van der Waals surface area contributed by atoms with Crippen molar-refractivity contribution in [3.8, 4) is 0 Å². The van der Waals surface area contributed by atoms with Crippen LogP contribution in [0.2, 0.25) is 0 Å². The quantitative estimate of drug-likeness (QED) is 0.371. The first-order valence-electron chi connectivity index (χ1n) is 0.901. The van der Waals surface area contributed by atoms with Crippen molar-refractivity contribution in [3.05, 3.63) is 12.7 Å². The monoisotopic (exact) mass is 276 g/mol. The second-order valence-electron chi connectivity index (χ2n) is 0.322. The molecule has 0 aromatic rings. The Morgan fingerprint density at radius 2 is 1.83 bits per heavy atom. The van der Waals surface area contributed by atoms with E-state index < -0.39 is 0 Å². The van der Waals surface area contributed by atoms with Crippen molar-refractivity contribution >= 4 is 29.3 Å². The molecule has 0 aliphatic heterocycles. The van der Waals surface area contributed by atoms with Crippen LogP contribution in [0.5, 0.6) is 0 Å². The first kappa shape index (κ1) is 15.8. The van der Waals surface area contributed by atoms with Crippen molar-refractivity contribution in [2.45, 2.75) is 0 Å². The predicted molar refractivity (Wildman–Crippen MR) is 21.6 cm³/mol. The predicted octanol–water partition coefficient (Wildman–Crippen LogP) is -0.101. The molecule has 1 nitrogen and oxygen atoms in total. The van der Waals surface area contributed by atoms with Gasteiger partial charge in [-0.05, 0) is 6.29 Å². The Morgan fingerprint density at radius 1 is 1.67 bits per heavy atom.